The van der Waals surface area contributed by atoms with Gasteiger partial charge in [0.2, 0.25) is 0 Å². The van der Waals surface area contributed by atoms with E-state index in [2.05, 4.69) is 0 Å². The van der Waals surface area contributed by atoms with Crippen molar-refractivity contribution in [1.82, 2.24) is 0 Å². The van der Waals surface area contributed by atoms with Crippen molar-refractivity contribution in [2.24, 2.45) is 5.73 Å². The molecule has 1 aliphatic heterocycles. The van der Waals surface area contributed by atoms with Gasteiger partial charge in [-0.05, 0) is 6.42 Å². The minimum atomic E-state index is -2.88. The molecule has 0 radical (unpaired) electrons. The third-order valence-corrected chi connectivity index (χ3v) is 3.69. The third-order valence-electron chi connectivity index (χ3n) is 1.94. The van der Waals surface area contributed by atoms with Gasteiger partial charge in [-0.15, -0.1) is 0 Å². The molecule has 0 aromatic carbocycles. The zero-order chi connectivity index (χ0) is 8.48. The molecule has 11 heavy (non-hydrogen) atoms. The van der Waals surface area contributed by atoms with Gasteiger partial charge in [-0.1, -0.05) is 0 Å². The van der Waals surface area contributed by atoms with Crippen LogP contribution in [0.1, 0.15) is 6.42 Å². The lowest BCUT2D eigenvalue weighted by Gasteiger charge is -2.26. The molecule has 1 fully saturated rings. The van der Waals surface area contributed by atoms with Crippen LogP contribution in [0.25, 0.3) is 0 Å². The number of hydrogen-bond donors (Lipinski definition) is 1. The summed E-state index contributed by atoms with van der Waals surface area (Å²) < 4.78 is 27.0. The van der Waals surface area contributed by atoms with Crippen LogP contribution in [0.5, 0.6) is 0 Å². The molecule has 2 unspecified atom stereocenters. The van der Waals surface area contributed by atoms with Crippen LogP contribution in [0.4, 0.5) is 0 Å². The van der Waals surface area contributed by atoms with Gasteiger partial charge in [0.25, 0.3) is 0 Å². The maximum absolute atomic E-state index is 11.0. The molecule has 2 N–H and O–H groups in total. The van der Waals surface area contributed by atoms with Crippen molar-refractivity contribution < 1.29 is 13.2 Å². The van der Waals surface area contributed by atoms with Gasteiger partial charge in [-0.2, -0.15) is 0 Å². The number of rotatable bonds is 1. The summed E-state index contributed by atoms with van der Waals surface area (Å²) in [6.07, 6.45) is 0.443. The van der Waals surface area contributed by atoms with Crippen LogP contribution in [0, 0.1) is 0 Å². The fourth-order valence-electron chi connectivity index (χ4n) is 1.29. The van der Waals surface area contributed by atoms with Gasteiger partial charge < -0.3 is 10.5 Å². The van der Waals surface area contributed by atoms with Gasteiger partial charge in [0.15, 0.2) is 9.84 Å². The van der Waals surface area contributed by atoms with E-state index in [4.69, 9.17) is 10.5 Å². The highest BCUT2D eigenvalue weighted by Crippen LogP contribution is 2.13. The number of sulfone groups is 1. The third kappa shape index (κ3) is 2.15. The maximum Gasteiger partial charge on any atom is 0.152 e. The summed E-state index contributed by atoms with van der Waals surface area (Å²) >= 11 is 0. The zero-order valence-corrected chi connectivity index (χ0v) is 7.30. The van der Waals surface area contributed by atoms with Crippen LogP contribution in [0.15, 0.2) is 0 Å². The molecule has 1 saturated heterocycles. The van der Waals surface area contributed by atoms with E-state index >= 15 is 0 Å². The molecule has 0 spiro atoms. The van der Waals surface area contributed by atoms with Crippen molar-refractivity contribution in [1.29, 1.82) is 0 Å². The maximum atomic E-state index is 11.0. The van der Waals surface area contributed by atoms with E-state index in [0.29, 0.717) is 6.42 Å². The normalized spacial score (nSPS) is 36.9. The largest absolute Gasteiger partial charge is 0.380 e. The summed E-state index contributed by atoms with van der Waals surface area (Å²) in [5.74, 6) is 0.269. The first-order valence-electron chi connectivity index (χ1n) is 3.54. The first-order valence-corrected chi connectivity index (χ1v) is 5.36. The summed E-state index contributed by atoms with van der Waals surface area (Å²) in [6.45, 7) is 0. The Kier molecular flexibility index (Phi) is 2.51. The van der Waals surface area contributed by atoms with Crippen LogP contribution in [0.3, 0.4) is 0 Å². The van der Waals surface area contributed by atoms with Crippen molar-refractivity contribution in [3.63, 3.8) is 0 Å². The lowest BCUT2D eigenvalue weighted by Crippen LogP contribution is -2.47. The highest BCUT2D eigenvalue weighted by Gasteiger charge is 2.30. The van der Waals surface area contributed by atoms with Gasteiger partial charge in [-0.25, -0.2) is 8.42 Å². The Balaban J connectivity index is 2.62. The Morgan fingerprint density at radius 2 is 2.18 bits per heavy atom. The summed E-state index contributed by atoms with van der Waals surface area (Å²) in [7, 11) is -1.32. The van der Waals surface area contributed by atoms with Crippen molar-refractivity contribution in [3.05, 3.63) is 0 Å². The van der Waals surface area contributed by atoms with E-state index in [0.717, 1.165) is 0 Å². The predicted molar refractivity (Wildman–Crippen MR) is 42.0 cm³/mol. The van der Waals surface area contributed by atoms with Crippen LogP contribution in [-0.4, -0.2) is 39.2 Å². The van der Waals surface area contributed by atoms with E-state index in [-0.39, 0.29) is 23.7 Å². The molecule has 1 rings (SSSR count). The monoisotopic (exact) mass is 179 g/mol. The van der Waals surface area contributed by atoms with E-state index in [1.165, 1.54) is 0 Å². The topological polar surface area (TPSA) is 69.4 Å². The Morgan fingerprint density at radius 3 is 2.64 bits per heavy atom. The first-order chi connectivity index (χ1) is 5.05. The number of nitrogens with two attached hydrogens (primary N) is 1. The van der Waals surface area contributed by atoms with Gasteiger partial charge in [0, 0.05) is 13.2 Å². The minimum Gasteiger partial charge on any atom is -0.380 e. The molecular weight excluding hydrogens is 166 g/mol. The molecule has 1 heterocycles. The Morgan fingerprint density at radius 1 is 1.55 bits per heavy atom. The average Bonchev–Trinajstić information content (AvgIpc) is 1.86. The molecule has 0 aromatic rings. The average molecular weight is 179 g/mol. The number of methoxy groups -OCH3 is 1. The minimum absolute atomic E-state index is 0.0610. The quantitative estimate of drug-likeness (QED) is 0.569. The molecule has 0 amide bonds. The van der Waals surface area contributed by atoms with E-state index < -0.39 is 9.84 Å². The van der Waals surface area contributed by atoms with Crippen molar-refractivity contribution >= 4 is 9.84 Å². The fraction of sp³-hybridized carbons (Fsp3) is 1.00. The van der Waals surface area contributed by atoms with Gasteiger partial charge in [-0.3, -0.25) is 0 Å². The standard InChI is InChI=1S/C6H13NO3S/c1-10-6-2-3-11(8,9)4-5(6)7/h5-6H,2-4,7H2,1H3. The molecule has 0 saturated carbocycles. The van der Waals surface area contributed by atoms with Crippen LogP contribution in [0.2, 0.25) is 0 Å². The zero-order valence-electron chi connectivity index (χ0n) is 6.49. The second-order valence-corrected chi connectivity index (χ2v) is 5.07. The lowest BCUT2D eigenvalue weighted by atomic mass is 10.1. The Bertz CT molecular complexity index is 224. The summed E-state index contributed by atoms with van der Waals surface area (Å²) in [5.41, 5.74) is 5.56. The van der Waals surface area contributed by atoms with E-state index in [9.17, 15) is 8.42 Å². The van der Waals surface area contributed by atoms with Crippen LogP contribution >= 0.6 is 0 Å². The highest BCUT2D eigenvalue weighted by atomic mass is 32.2. The lowest BCUT2D eigenvalue weighted by molar-refractivity contribution is 0.0802. The number of ether oxygens (including phenoxy) is 1. The Hall–Kier alpha value is -0.130. The summed E-state index contributed by atoms with van der Waals surface area (Å²) in [6, 6.07) is -0.348. The van der Waals surface area contributed by atoms with Gasteiger partial charge >= 0.3 is 0 Å². The van der Waals surface area contributed by atoms with Crippen molar-refractivity contribution in [2.75, 3.05) is 18.6 Å². The second-order valence-electron chi connectivity index (χ2n) is 2.84. The molecule has 0 aromatic heterocycles. The molecule has 66 valence electrons. The molecule has 1 aliphatic rings. The summed E-state index contributed by atoms with van der Waals surface area (Å²) in [5, 5.41) is 0. The molecular formula is C6H13NO3S. The SMILES string of the molecule is COC1CCS(=O)(=O)CC1N. The van der Waals surface area contributed by atoms with Crippen molar-refractivity contribution in [3.8, 4) is 0 Å². The van der Waals surface area contributed by atoms with E-state index in [1.807, 2.05) is 0 Å². The molecule has 0 aliphatic carbocycles. The smallest absolute Gasteiger partial charge is 0.152 e. The molecule has 4 nitrogen and oxygen atoms in total. The van der Waals surface area contributed by atoms with E-state index in [1.54, 1.807) is 7.11 Å². The van der Waals surface area contributed by atoms with Crippen molar-refractivity contribution in [2.45, 2.75) is 18.6 Å². The molecule has 0 bridgehead atoms. The number of hydrogen-bond acceptors (Lipinski definition) is 4. The Labute approximate surface area is 66.6 Å². The molecule has 2 atom stereocenters. The molecule has 5 heteroatoms. The predicted octanol–water partition coefficient (Wildman–Crippen LogP) is -0.853. The second kappa shape index (κ2) is 3.08. The van der Waals surface area contributed by atoms with Crippen LogP contribution < -0.4 is 5.73 Å². The fourth-order valence-corrected chi connectivity index (χ4v) is 2.85. The summed E-state index contributed by atoms with van der Waals surface area (Å²) in [4.78, 5) is 0. The first kappa shape index (κ1) is 8.96. The van der Waals surface area contributed by atoms with Gasteiger partial charge in [0.05, 0.1) is 17.6 Å². The van der Waals surface area contributed by atoms with Gasteiger partial charge in [0.1, 0.15) is 0 Å². The van der Waals surface area contributed by atoms with Crippen LogP contribution in [-0.2, 0) is 14.6 Å². The highest BCUT2D eigenvalue weighted by molar-refractivity contribution is 7.91.